The van der Waals surface area contributed by atoms with E-state index in [-0.39, 0.29) is 29.1 Å². The number of hydrogen-bond donors (Lipinski definition) is 2. The summed E-state index contributed by atoms with van der Waals surface area (Å²) in [6.45, 7) is 16.1. The molecule has 3 amide bonds. The SMILES string of the molecule is COC(=O)[C@@H]1C2[C@H](CN1C(=O)[C@@H](NC(=O)NC(C)(C)C)C(C)(C)C)C2(C)C. The quantitative estimate of drug-likeness (QED) is 0.733. The van der Waals surface area contributed by atoms with Gasteiger partial charge in [-0.15, -0.1) is 0 Å². The Morgan fingerprint density at radius 1 is 1.11 bits per heavy atom. The minimum atomic E-state index is -0.743. The Kier molecular flexibility index (Phi) is 5.32. The van der Waals surface area contributed by atoms with Crippen LogP contribution < -0.4 is 10.6 Å². The fraction of sp³-hybridized carbons (Fsp3) is 0.850. The van der Waals surface area contributed by atoms with Crippen LogP contribution in [0, 0.1) is 22.7 Å². The summed E-state index contributed by atoms with van der Waals surface area (Å²) in [5, 5.41) is 5.66. The molecule has 0 aromatic rings. The third-order valence-electron chi connectivity index (χ3n) is 5.81. The van der Waals surface area contributed by atoms with E-state index >= 15 is 0 Å². The number of esters is 1. The van der Waals surface area contributed by atoms with Crippen LogP contribution in [-0.2, 0) is 14.3 Å². The maximum Gasteiger partial charge on any atom is 0.328 e. The van der Waals surface area contributed by atoms with Crippen molar-refractivity contribution < 1.29 is 19.1 Å². The molecule has 1 unspecified atom stereocenters. The molecule has 1 heterocycles. The van der Waals surface area contributed by atoms with Gasteiger partial charge >= 0.3 is 12.0 Å². The van der Waals surface area contributed by atoms with Gasteiger partial charge in [0.05, 0.1) is 7.11 Å². The van der Waals surface area contributed by atoms with E-state index < -0.39 is 29.1 Å². The number of nitrogens with zero attached hydrogens (tertiary/aromatic N) is 1. The lowest BCUT2D eigenvalue weighted by molar-refractivity contribution is -0.154. The highest BCUT2D eigenvalue weighted by Crippen LogP contribution is 2.65. The maximum atomic E-state index is 13.4. The van der Waals surface area contributed by atoms with Gasteiger partial charge in [0, 0.05) is 18.0 Å². The number of hydrogen-bond acceptors (Lipinski definition) is 4. The van der Waals surface area contributed by atoms with Gasteiger partial charge in [-0.05, 0) is 37.5 Å². The lowest BCUT2D eigenvalue weighted by Crippen LogP contribution is -2.60. The molecule has 0 radical (unpaired) electrons. The van der Waals surface area contributed by atoms with Crippen molar-refractivity contribution in [3.63, 3.8) is 0 Å². The van der Waals surface area contributed by atoms with Gasteiger partial charge in [0.1, 0.15) is 12.1 Å². The molecule has 2 N–H and O–H groups in total. The molecule has 7 nitrogen and oxygen atoms in total. The summed E-state index contributed by atoms with van der Waals surface area (Å²) in [5.74, 6) is -0.217. The van der Waals surface area contributed by atoms with E-state index in [9.17, 15) is 14.4 Å². The summed E-state index contributed by atoms with van der Waals surface area (Å²) in [6.07, 6.45) is 0. The van der Waals surface area contributed by atoms with E-state index in [4.69, 9.17) is 4.74 Å². The number of nitrogens with one attached hydrogen (secondary N) is 2. The lowest BCUT2D eigenvalue weighted by atomic mass is 9.85. The summed E-state index contributed by atoms with van der Waals surface area (Å²) in [7, 11) is 1.35. The number of fused-ring (bicyclic) bond motifs is 1. The second kappa shape index (κ2) is 6.67. The van der Waals surface area contributed by atoms with Gasteiger partial charge in [0.25, 0.3) is 0 Å². The zero-order chi connectivity index (χ0) is 20.9. The Labute approximate surface area is 162 Å². The summed E-state index contributed by atoms with van der Waals surface area (Å²) in [5.41, 5.74) is -0.886. The van der Waals surface area contributed by atoms with Crippen LogP contribution in [-0.4, -0.2) is 54.1 Å². The third-order valence-corrected chi connectivity index (χ3v) is 5.81. The number of piperidine rings is 1. The van der Waals surface area contributed by atoms with Crippen molar-refractivity contribution in [2.75, 3.05) is 13.7 Å². The molecule has 154 valence electrons. The second-order valence-corrected chi connectivity index (χ2v) is 10.6. The second-order valence-electron chi connectivity index (χ2n) is 10.6. The van der Waals surface area contributed by atoms with E-state index in [0.717, 1.165) is 0 Å². The van der Waals surface area contributed by atoms with E-state index in [1.54, 1.807) is 4.90 Å². The molecular formula is C20H35N3O4. The van der Waals surface area contributed by atoms with Gasteiger partial charge in [-0.2, -0.15) is 0 Å². The molecule has 0 aromatic carbocycles. The Hall–Kier alpha value is -1.79. The third kappa shape index (κ3) is 4.22. The molecule has 4 atom stereocenters. The van der Waals surface area contributed by atoms with Crippen molar-refractivity contribution in [3.05, 3.63) is 0 Å². The van der Waals surface area contributed by atoms with Gasteiger partial charge in [-0.3, -0.25) is 4.79 Å². The molecule has 1 aliphatic heterocycles. The van der Waals surface area contributed by atoms with Crippen LogP contribution in [0.25, 0.3) is 0 Å². The Morgan fingerprint density at radius 3 is 2.11 bits per heavy atom. The number of likely N-dealkylation sites (tertiary alicyclic amines) is 1. The van der Waals surface area contributed by atoms with E-state index in [0.29, 0.717) is 6.54 Å². The molecule has 1 saturated carbocycles. The van der Waals surface area contributed by atoms with Crippen molar-refractivity contribution in [2.45, 2.75) is 73.0 Å². The maximum absolute atomic E-state index is 13.4. The van der Waals surface area contributed by atoms with Crippen molar-refractivity contribution in [1.82, 2.24) is 15.5 Å². The number of carbonyl (C=O) groups is 3. The van der Waals surface area contributed by atoms with Crippen LogP contribution >= 0.6 is 0 Å². The average molecular weight is 382 g/mol. The molecular weight excluding hydrogens is 346 g/mol. The summed E-state index contributed by atoms with van der Waals surface area (Å²) in [6, 6.07) is -1.72. The van der Waals surface area contributed by atoms with Crippen LogP contribution in [0.4, 0.5) is 4.79 Å². The summed E-state index contributed by atoms with van der Waals surface area (Å²) in [4.78, 5) is 39.8. The Bertz CT molecular complexity index is 630. The number of methoxy groups -OCH3 is 1. The van der Waals surface area contributed by atoms with Gasteiger partial charge < -0.3 is 20.3 Å². The number of rotatable bonds is 3. The first kappa shape index (κ1) is 21.5. The van der Waals surface area contributed by atoms with E-state index in [1.165, 1.54) is 7.11 Å². The highest BCUT2D eigenvalue weighted by atomic mass is 16.5. The molecule has 2 rings (SSSR count). The summed E-state index contributed by atoms with van der Waals surface area (Å²) < 4.78 is 4.98. The van der Waals surface area contributed by atoms with Gasteiger partial charge in [-0.1, -0.05) is 34.6 Å². The fourth-order valence-electron chi connectivity index (χ4n) is 4.23. The molecule has 0 spiro atoms. The van der Waals surface area contributed by atoms with E-state index in [2.05, 4.69) is 24.5 Å². The predicted octanol–water partition coefficient (Wildman–Crippen LogP) is 2.15. The first-order valence-electron chi connectivity index (χ1n) is 9.58. The Morgan fingerprint density at radius 2 is 1.67 bits per heavy atom. The molecule has 0 aromatic heterocycles. The smallest absolute Gasteiger partial charge is 0.328 e. The molecule has 1 aliphatic carbocycles. The molecule has 0 bridgehead atoms. The van der Waals surface area contributed by atoms with Crippen molar-refractivity contribution in [3.8, 4) is 0 Å². The van der Waals surface area contributed by atoms with Crippen molar-refractivity contribution in [2.24, 2.45) is 22.7 Å². The fourth-order valence-corrected chi connectivity index (χ4v) is 4.23. The van der Waals surface area contributed by atoms with Crippen molar-refractivity contribution >= 4 is 17.9 Å². The van der Waals surface area contributed by atoms with Crippen LogP contribution in [0.15, 0.2) is 0 Å². The predicted molar refractivity (Wildman–Crippen MR) is 103 cm³/mol. The first-order valence-corrected chi connectivity index (χ1v) is 9.58. The molecule has 2 fully saturated rings. The monoisotopic (exact) mass is 381 g/mol. The molecule has 7 heteroatoms. The van der Waals surface area contributed by atoms with Crippen LogP contribution in [0.5, 0.6) is 0 Å². The Balaban J connectivity index is 2.23. The number of ether oxygens (including phenoxy) is 1. The van der Waals surface area contributed by atoms with E-state index in [1.807, 2.05) is 41.5 Å². The number of urea groups is 1. The lowest BCUT2D eigenvalue weighted by Gasteiger charge is -2.37. The van der Waals surface area contributed by atoms with Gasteiger partial charge in [0.15, 0.2) is 0 Å². The highest BCUT2D eigenvalue weighted by Gasteiger charge is 2.70. The zero-order valence-electron chi connectivity index (χ0n) is 18.1. The molecule has 2 aliphatic rings. The molecule has 27 heavy (non-hydrogen) atoms. The minimum Gasteiger partial charge on any atom is -0.467 e. The standard InChI is InChI=1S/C20H35N3O4/c1-18(2,3)14(21-17(26)22-19(4,5)6)15(24)23-10-11-12(20(11,7)8)13(23)16(25)27-9/h11-14H,10H2,1-9H3,(H2,21,22,26)/t11-,12?,13-,14+/m0/s1. The zero-order valence-corrected chi connectivity index (χ0v) is 18.1. The first-order chi connectivity index (χ1) is 12.1. The number of carbonyl (C=O) groups excluding carboxylic acids is 3. The normalized spacial score (nSPS) is 27.4. The molecule has 1 saturated heterocycles. The average Bonchev–Trinajstić information content (AvgIpc) is 2.85. The van der Waals surface area contributed by atoms with Crippen molar-refractivity contribution in [1.29, 1.82) is 0 Å². The summed E-state index contributed by atoms with van der Waals surface area (Å²) >= 11 is 0. The van der Waals surface area contributed by atoms with Gasteiger partial charge in [0.2, 0.25) is 5.91 Å². The topological polar surface area (TPSA) is 87.7 Å². The van der Waals surface area contributed by atoms with Crippen LogP contribution in [0.2, 0.25) is 0 Å². The van der Waals surface area contributed by atoms with Crippen LogP contribution in [0.1, 0.15) is 55.4 Å². The number of amides is 3. The minimum absolute atomic E-state index is 0.0317. The van der Waals surface area contributed by atoms with Crippen LogP contribution in [0.3, 0.4) is 0 Å². The van der Waals surface area contributed by atoms with Gasteiger partial charge in [-0.25, -0.2) is 9.59 Å². The highest BCUT2D eigenvalue weighted by molar-refractivity contribution is 5.92. The largest absolute Gasteiger partial charge is 0.467 e.